The Morgan fingerprint density at radius 1 is 0.608 bits per heavy atom. The minimum absolute atomic E-state index is 0.106. The Bertz CT molecular complexity index is 1440. The van der Waals surface area contributed by atoms with Gasteiger partial charge in [-0.15, -0.1) is 0 Å². The van der Waals surface area contributed by atoms with Crippen LogP contribution in [0.3, 0.4) is 0 Å². The molecule has 0 bridgehead atoms. The lowest BCUT2D eigenvalue weighted by molar-refractivity contribution is -0.136. The molecule has 0 aliphatic rings. The molecule has 3 aromatic rings. The van der Waals surface area contributed by atoms with E-state index in [1.165, 1.54) is 88.4 Å². The standard InChI is InChI=1S/C42H61NO8/c1-2-3-4-5-6-7-8-9-10-11-12-13-14-15-16-20-25-50-35-28-34(43(31-40(45)46)32-41(47)48)29-36(30-35)51-26-21-19-24-38-37-23-18-17-22-33(37)27-39(44)42(38)49/h17-18,22-23,27-30,44,49H,2-16,19-21,24-26,31-32H2,1H3,(H,45,46)(H,47,48). The lowest BCUT2D eigenvalue weighted by Crippen LogP contribution is -2.34. The number of unbranched alkanes of at least 4 members (excludes halogenated alkanes) is 16. The topological polar surface area (TPSA) is 137 Å². The molecule has 9 nitrogen and oxygen atoms in total. The first-order chi connectivity index (χ1) is 24.8. The highest BCUT2D eigenvalue weighted by atomic mass is 16.5. The fourth-order valence-corrected chi connectivity index (χ4v) is 6.55. The zero-order chi connectivity index (χ0) is 36.7. The van der Waals surface area contributed by atoms with Gasteiger partial charge in [0, 0.05) is 29.4 Å². The van der Waals surface area contributed by atoms with Gasteiger partial charge in [-0.3, -0.25) is 9.59 Å². The molecular formula is C42H61NO8. The Morgan fingerprint density at radius 3 is 1.59 bits per heavy atom. The molecule has 9 heteroatoms. The summed E-state index contributed by atoms with van der Waals surface area (Å²) in [4.78, 5) is 24.3. The second-order valence-corrected chi connectivity index (χ2v) is 13.7. The van der Waals surface area contributed by atoms with Crippen molar-refractivity contribution >= 4 is 28.4 Å². The number of phenols is 2. The molecule has 3 aromatic carbocycles. The summed E-state index contributed by atoms with van der Waals surface area (Å²) in [7, 11) is 0. The van der Waals surface area contributed by atoms with E-state index in [1.54, 1.807) is 24.3 Å². The van der Waals surface area contributed by atoms with Crippen LogP contribution in [0.5, 0.6) is 23.0 Å². The van der Waals surface area contributed by atoms with Crippen molar-refractivity contribution in [2.45, 2.75) is 129 Å². The van der Waals surface area contributed by atoms with Gasteiger partial charge < -0.3 is 34.8 Å². The first-order valence-corrected chi connectivity index (χ1v) is 19.3. The number of aliphatic carboxylic acids is 2. The molecule has 0 aliphatic carbocycles. The van der Waals surface area contributed by atoms with E-state index >= 15 is 0 Å². The number of hydrogen-bond acceptors (Lipinski definition) is 7. The summed E-state index contributed by atoms with van der Waals surface area (Å²) in [6.07, 6.45) is 22.5. The lowest BCUT2D eigenvalue weighted by atomic mass is 9.98. The number of carboxylic acids is 2. The number of hydrogen-bond donors (Lipinski definition) is 4. The quantitative estimate of drug-likeness (QED) is 0.0410. The van der Waals surface area contributed by atoms with E-state index < -0.39 is 25.0 Å². The van der Waals surface area contributed by atoms with E-state index in [9.17, 15) is 30.0 Å². The molecule has 4 N–H and O–H groups in total. The van der Waals surface area contributed by atoms with Crippen LogP contribution in [-0.2, 0) is 16.0 Å². The third-order valence-corrected chi connectivity index (χ3v) is 9.35. The monoisotopic (exact) mass is 707 g/mol. The fourth-order valence-electron chi connectivity index (χ4n) is 6.55. The van der Waals surface area contributed by atoms with Crippen LogP contribution in [0.15, 0.2) is 48.5 Å². The van der Waals surface area contributed by atoms with Crippen LogP contribution in [-0.4, -0.2) is 58.7 Å². The predicted molar refractivity (Wildman–Crippen MR) is 205 cm³/mol. The number of fused-ring (bicyclic) bond motifs is 1. The molecule has 0 unspecified atom stereocenters. The molecule has 0 radical (unpaired) electrons. The normalized spacial score (nSPS) is 11.2. The summed E-state index contributed by atoms with van der Waals surface area (Å²) in [6.45, 7) is 2.16. The SMILES string of the molecule is CCCCCCCCCCCCCCCCCCOc1cc(OCCCCc2c(O)c(O)cc3ccccc23)cc(N(CC(=O)O)CC(=O)O)c1. The second-order valence-electron chi connectivity index (χ2n) is 13.7. The molecule has 0 heterocycles. The maximum Gasteiger partial charge on any atom is 0.323 e. The lowest BCUT2D eigenvalue weighted by Gasteiger charge is -2.22. The van der Waals surface area contributed by atoms with Crippen LogP contribution in [0.25, 0.3) is 10.8 Å². The molecule has 0 aliphatic heterocycles. The summed E-state index contributed by atoms with van der Waals surface area (Å²) in [6, 6.07) is 14.2. The number of anilines is 1. The van der Waals surface area contributed by atoms with Crippen molar-refractivity contribution in [3.63, 3.8) is 0 Å². The van der Waals surface area contributed by atoms with Crippen LogP contribution in [0.1, 0.15) is 128 Å². The van der Waals surface area contributed by atoms with E-state index in [-0.39, 0.29) is 11.5 Å². The number of carbonyl (C=O) groups is 2. The van der Waals surface area contributed by atoms with E-state index in [1.807, 2.05) is 24.3 Å². The highest BCUT2D eigenvalue weighted by Gasteiger charge is 2.17. The Hall–Kier alpha value is -4.14. The van der Waals surface area contributed by atoms with E-state index in [0.717, 1.165) is 30.0 Å². The molecule has 0 atom stereocenters. The molecule has 0 fully saturated rings. The summed E-state index contributed by atoms with van der Waals surface area (Å²) in [5.41, 5.74) is 1.09. The third kappa shape index (κ3) is 16.2. The number of rotatable bonds is 29. The molecule has 0 saturated carbocycles. The highest BCUT2D eigenvalue weighted by molar-refractivity contribution is 5.89. The van der Waals surface area contributed by atoms with E-state index in [0.29, 0.717) is 55.2 Å². The van der Waals surface area contributed by atoms with Crippen molar-refractivity contribution < 1.29 is 39.5 Å². The maximum absolute atomic E-state index is 11.5. The smallest absolute Gasteiger partial charge is 0.323 e. The highest BCUT2D eigenvalue weighted by Crippen LogP contribution is 2.37. The molecule has 0 saturated heterocycles. The van der Waals surface area contributed by atoms with Crippen molar-refractivity contribution in [3.05, 3.63) is 54.1 Å². The molecule has 3 rings (SSSR count). The van der Waals surface area contributed by atoms with Crippen LogP contribution in [0, 0.1) is 0 Å². The van der Waals surface area contributed by atoms with Gasteiger partial charge in [0.2, 0.25) is 0 Å². The van der Waals surface area contributed by atoms with Gasteiger partial charge >= 0.3 is 11.9 Å². The Kier molecular flexibility index (Phi) is 19.5. The van der Waals surface area contributed by atoms with Crippen molar-refractivity contribution in [1.82, 2.24) is 0 Å². The predicted octanol–water partition coefficient (Wildman–Crippen LogP) is 10.3. The molecule has 0 spiro atoms. The molecule has 51 heavy (non-hydrogen) atoms. The average Bonchev–Trinajstić information content (AvgIpc) is 3.10. The van der Waals surface area contributed by atoms with Crippen molar-refractivity contribution in [1.29, 1.82) is 0 Å². The van der Waals surface area contributed by atoms with Crippen molar-refractivity contribution in [2.24, 2.45) is 0 Å². The Morgan fingerprint density at radius 2 is 1.08 bits per heavy atom. The van der Waals surface area contributed by atoms with Gasteiger partial charge in [0.05, 0.1) is 13.2 Å². The zero-order valence-electron chi connectivity index (χ0n) is 30.8. The maximum atomic E-state index is 11.5. The van der Waals surface area contributed by atoms with Gasteiger partial charge in [-0.2, -0.15) is 0 Å². The van der Waals surface area contributed by atoms with Crippen LogP contribution >= 0.6 is 0 Å². The number of aryl methyl sites for hydroxylation is 1. The summed E-state index contributed by atoms with van der Waals surface area (Å²) in [5, 5.41) is 41.3. The number of ether oxygens (including phenoxy) is 2. The van der Waals surface area contributed by atoms with Crippen LogP contribution in [0.2, 0.25) is 0 Å². The number of nitrogens with zero attached hydrogens (tertiary/aromatic N) is 1. The number of phenolic OH excluding ortho intramolecular Hbond substituents is 2. The van der Waals surface area contributed by atoms with Gasteiger partial charge in [-0.25, -0.2) is 0 Å². The van der Waals surface area contributed by atoms with Gasteiger partial charge in [-0.05, 0) is 42.5 Å². The minimum Gasteiger partial charge on any atom is -0.504 e. The second kappa shape index (κ2) is 24.1. The van der Waals surface area contributed by atoms with Crippen molar-refractivity contribution in [2.75, 3.05) is 31.2 Å². The molecular weight excluding hydrogens is 646 g/mol. The molecule has 282 valence electrons. The number of benzene rings is 3. The average molecular weight is 708 g/mol. The van der Waals surface area contributed by atoms with Crippen molar-refractivity contribution in [3.8, 4) is 23.0 Å². The third-order valence-electron chi connectivity index (χ3n) is 9.35. The summed E-state index contributed by atoms with van der Waals surface area (Å²) >= 11 is 0. The molecule has 0 amide bonds. The van der Waals surface area contributed by atoms with Gasteiger partial charge in [-0.1, -0.05) is 128 Å². The Balaban J connectivity index is 1.43. The first-order valence-electron chi connectivity index (χ1n) is 19.3. The van der Waals surface area contributed by atoms with Gasteiger partial charge in [0.25, 0.3) is 0 Å². The van der Waals surface area contributed by atoms with Crippen LogP contribution < -0.4 is 14.4 Å². The Labute approximate surface area is 304 Å². The van der Waals surface area contributed by atoms with Gasteiger partial charge in [0.1, 0.15) is 24.6 Å². The first kappa shape index (κ1) is 41.3. The molecule has 0 aromatic heterocycles. The van der Waals surface area contributed by atoms with E-state index in [2.05, 4.69) is 6.92 Å². The van der Waals surface area contributed by atoms with Crippen LogP contribution in [0.4, 0.5) is 5.69 Å². The summed E-state index contributed by atoms with van der Waals surface area (Å²) < 4.78 is 12.1. The summed E-state index contributed by atoms with van der Waals surface area (Å²) in [5.74, 6) is -1.57. The largest absolute Gasteiger partial charge is 0.504 e. The number of carboxylic acid groups (broad SMARTS) is 2. The zero-order valence-corrected chi connectivity index (χ0v) is 30.8. The fraction of sp³-hybridized carbons (Fsp3) is 0.571. The van der Waals surface area contributed by atoms with E-state index in [4.69, 9.17) is 9.47 Å². The van der Waals surface area contributed by atoms with Gasteiger partial charge in [0.15, 0.2) is 11.5 Å². The minimum atomic E-state index is -1.14. The number of aromatic hydroxyl groups is 2.